The Morgan fingerprint density at radius 1 is 1.35 bits per heavy atom. The SMILES string of the molecule is CN(C)CC(C)(C)CNC1CS(=O)(=O)CC1O. The van der Waals surface area contributed by atoms with Gasteiger partial charge in [0, 0.05) is 19.1 Å². The maximum absolute atomic E-state index is 11.3. The van der Waals surface area contributed by atoms with Gasteiger partial charge in [-0.25, -0.2) is 8.42 Å². The fraction of sp³-hybridized carbons (Fsp3) is 1.00. The van der Waals surface area contributed by atoms with Gasteiger partial charge in [0.25, 0.3) is 0 Å². The molecule has 2 N–H and O–H groups in total. The van der Waals surface area contributed by atoms with E-state index in [0.29, 0.717) is 6.54 Å². The summed E-state index contributed by atoms with van der Waals surface area (Å²) in [6, 6.07) is -0.318. The average molecular weight is 264 g/mol. The van der Waals surface area contributed by atoms with E-state index in [1.165, 1.54) is 0 Å². The molecule has 5 nitrogen and oxygen atoms in total. The number of aliphatic hydroxyl groups excluding tert-OH is 1. The second-order valence-corrected chi connectivity index (χ2v) is 8.19. The van der Waals surface area contributed by atoms with Crippen LogP contribution >= 0.6 is 0 Å². The molecule has 0 aliphatic carbocycles. The first-order valence-corrected chi connectivity index (χ1v) is 7.70. The van der Waals surface area contributed by atoms with Crippen molar-refractivity contribution in [3.8, 4) is 0 Å². The topological polar surface area (TPSA) is 69.6 Å². The summed E-state index contributed by atoms with van der Waals surface area (Å²) in [7, 11) is 0.963. The molecule has 0 aromatic carbocycles. The Morgan fingerprint density at radius 3 is 2.35 bits per heavy atom. The predicted octanol–water partition coefficient (Wildman–Crippen LogP) is -0.678. The summed E-state index contributed by atoms with van der Waals surface area (Å²) in [5.41, 5.74) is 0.0512. The van der Waals surface area contributed by atoms with E-state index in [4.69, 9.17) is 0 Å². The quantitative estimate of drug-likeness (QED) is 0.689. The highest BCUT2D eigenvalue weighted by Gasteiger charge is 2.36. The molecule has 2 unspecified atom stereocenters. The van der Waals surface area contributed by atoms with E-state index in [1.54, 1.807) is 0 Å². The third-order valence-electron chi connectivity index (χ3n) is 2.91. The second-order valence-electron chi connectivity index (χ2n) is 6.03. The number of nitrogens with zero attached hydrogens (tertiary/aromatic N) is 1. The fourth-order valence-electron chi connectivity index (χ4n) is 2.34. The molecule has 0 radical (unpaired) electrons. The monoisotopic (exact) mass is 264 g/mol. The Labute approximate surface area is 104 Å². The summed E-state index contributed by atoms with van der Waals surface area (Å²) in [4.78, 5) is 2.10. The lowest BCUT2D eigenvalue weighted by molar-refractivity contribution is 0.151. The molecule has 1 saturated heterocycles. The summed E-state index contributed by atoms with van der Waals surface area (Å²) in [6.07, 6.45) is -0.768. The van der Waals surface area contributed by atoms with E-state index in [-0.39, 0.29) is 23.0 Å². The first-order valence-electron chi connectivity index (χ1n) is 5.88. The molecule has 1 aliphatic heterocycles. The molecule has 0 amide bonds. The third-order valence-corrected chi connectivity index (χ3v) is 4.63. The molecule has 1 rings (SSSR count). The Hall–Kier alpha value is -0.170. The van der Waals surface area contributed by atoms with Gasteiger partial charge in [0.2, 0.25) is 0 Å². The van der Waals surface area contributed by atoms with Gasteiger partial charge >= 0.3 is 0 Å². The van der Waals surface area contributed by atoms with Crippen LogP contribution in [0.1, 0.15) is 13.8 Å². The maximum atomic E-state index is 11.3. The van der Waals surface area contributed by atoms with Crippen LogP contribution in [0.4, 0.5) is 0 Å². The van der Waals surface area contributed by atoms with Gasteiger partial charge in [0.1, 0.15) is 0 Å². The molecule has 1 aliphatic rings. The molecule has 0 aromatic rings. The van der Waals surface area contributed by atoms with E-state index in [9.17, 15) is 13.5 Å². The number of hydrogen-bond acceptors (Lipinski definition) is 5. The van der Waals surface area contributed by atoms with Crippen molar-refractivity contribution in [1.82, 2.24) is 10.2 Å². The zero-order valence-corrected chi connectivity index (χ0v) is 11.9. The predicted molar refractivity (Wildman–Crippen MR) is 68.8 cm³/mol. The number of nitrogens with one attached hydrogen (secondary N) is 1. The third kappa shape index (κ3) is 4.91. The normalized spacial score (nSPS) is 28.8. The van der Waals surface area contributed by atoms with Crippen molar-refractivity contribution in [1.29, 1.82) is 0 Å². The van der Waals surface area contributed by atoms with Crippen molar-refractivity contribution in [2.45, 2.75) is 26.0 Å². The van der Waals surface area contributed by atoms with Gasteiger partial charge in [0.15, 0.2) is 9.84 Å². The summed E-state index contributed by atoms with van der Waals surface area (Å²) in [6.45, 7) is 5.85. The van der Waals surface area contributed by atoms with Crippen molar-refractivity contribution in [2.24, 2.45) is 5.41 Å². The van der Waals surface area contributed by atoms with Crippen LogP contribution in [0.2, 0.25) is 0 Å². The van der Waals surface area contributed by atoms with Gasteiger partial charge in [-0.2, -0.15) is 0 Å². The van der Waals surface area contributed by atoms with Crippen LogP contribution in [0, 0.1) is 5.41 Å². The smallest absolute Gasteiger partial charge is 0.154 e. The molecule has 0 aromatic heterocycles. The lowest BCUT2D eigenvalue weighted by Gasteiger charge is -2.30. The lowest BCUT2D eigenvalue weighted by Crippen LogP contribution is -2.46. The maximum Gasteiger partial charge on any atom is 0.154 e. The molecule has 1 heterocycles. The van der Waals surface area contributed by atoms with Crippen molar-refractivity contribution >= 4 is 9.84 Å². The molecule has 17 heavy (non-hydrogen) atoms. The van der Waals surface area contributed by atoms with Crippen LogP contribution in [-0.2, 0) is 9.84 Å². The van der Waals surface area contributed by atoms with Gasteiger partial charge < -0.3 is 15.3 Å². The second kappa shape index (κ2) is 5.22. The van der Waals surface area contributed by atoms with E-state index in [0.717, 1.165) is 6.54 Å². The highest BCUT2D eigenvalue weighted by atomic mass is 32.2. The summed E-state index contributed by atoms with van der Waals surface area (Å²) in [5.74, 6) is -0.0645. The zero-order chi connectivity index (χ0) is 13.3. The van der Waals surface area contributed by atoms with Gasteiger partial charge in [-0.1, -0.05) is 13.8 Å². The Bertz CT molecular complexity index is 352. The van der Waals surface area contributed by atoms with Gasteiger partial charge in [0.05, 0.1) is 17.6 Å². The van der Waals surface area contributed by atoms with E-state index < -0.39 is 15.9 Å². The van der Waals surface area contributed by atoms with Crippen molar-refractivity contribution in [2.75, 3.05) is 38.7 Å². The molecule has 102 valence electrons. The standard InChI is InChI=1S/C11H24N2O3S/c1-11(2,8-13(3)4)7-12-9-5-17(15,16)6-10(9)14/h9-10,12,14H,5-8H2,1-4H3. The summed E-state index contributed by atoms with van der Waals surface area (Å²) >= 11 is 0. The van der Waals surface area contributed by atoms with Crippen molar-refractivity contribution < 1.29 is 13.5 Å². The van der Waals surface area contributed by atoms with Crippen molar-refractivity contribution in [3.05, 3.63) is 0 Å². The molecule has 6 heteroatoms. The molecule has 0 bridgehead atoms. The first-order chi connectivity index (χ1) is 7.61. The molecule has 0 spiro atoms. The number of sulfone groups is 1. The number of rotatable bonds is 5. The Kier molecular flexibility index (Phi) is 4.57. The van der Waals surface area contributed by atoms with Crippen LogP contribution in [0.5, 0.6) is 0 Å². The summed E-state index contributed by atoms with van der Waals surface area (Å²) < 4.78 is 22.7. The largest absolute Gasteiger partial charge is 0.390 e. The van der Waals surface area contributed by atoms with Crippen LogP contribution in [0.3, 0.4) is 0 Å². The fourth-order valence-corrected chi connectivity index (χ4v) is 4.12. The highest BCUT2D eigenvalue weighted by Crippen LogP contribution is 2.17. The highest BCUT2D eigenvalue weighted by molar-refractivity contribution is 7.91. The van der Waals surface area contributed by atoms with Gasteiger partial charge in [-0.05, 0) is 19.5 Å². The minimum atomic E-state index is -3.06. The van der Waals surface area contributed by atoms with E-state index in [1.807, 2.05) is 14.1 Å². The average Bonchev–Trinajstić information content (AvgIpc) is 2.34. The molecule has 1 fully saturated rings. The molecule has 0 saturated carbocycles. The number of hydrogen-bond donors (Lipinski definition) is 2. The lowest BCUT2D eigenvalue weighted by atomic mass is 9.92. The minimum Gasteiger partial charge on any atom is -0.390 e. The zero-order valence-electron chi connectivity index (χ0n) is 11.1. The molecular formula is C11H24N2O3S. The minimum absolute atomic E-state index is 0.0478. The van der Waals surface area contributed by atoms with Crippen LogP contribution in [0.15, 0.2) is 0 Å². The van der Waals surface area contributed by atoms with Crippen LogP contribution in [0.25, 0.3) is 0 Å². The van der Waals surface area contributed by atoms with Gasteiger partial charge in [-0.15, -0.1) is 0 Å². The van der Waals surface area contributed by atoms with E-state index in [2.05, 4.69) is 24.1 Å². The summed E-state index contributed by atoms with van der Waals surface area (Å²) in [5, 5.41) is 12.8. The molecule has 2 atom stereocenters. The van der Waals surface area contributed by atoms with Crippen LogP contribution in [-0.4, -0.2) is 69.3 Å². The van der Waals surface area contributed by atoms with Gasteiger partial charge in [-0.3, -0.25) is 0 Å². The van der Waals surface area contributed by atoms with Crippen LogP contribution < -0.4 is 5.32 Å². The Balaban J connectivity index is 2.46. The van der Waals surface area contributed by atoms with E-state index >= 15 is 0 Å². The first kappa shape index (κ1) is 14.9. The number of aliphatic hydroxyl groups is 1. The Morgan fingerprint density at radius 2 is 1.94 bits per heavy atom. The molecular weight excluding hydrogens is 240 g/mol. The van der Waals surface area contributed by atoms with Crippen molar-refractivity contribution in [3.63, 3.8) is 0 Å².